The Morgan fingerprint density at radius 2 is 1.71 bits per heavy atom. The van der Waals surface area contributed by atoms with Crippen molar-refractivity contribution in [1.29, 1.82) is 0 Å². The predicted octanol–water partition coefficient (Wildman–Crippen LogP) is 2.73. The largest absolute Gasteiger partial charge is 0.352 e. The first kappa shape index (κ1) is 21.3. The van der Waals surface area contributed by atoms with Gasteiger partial charge in [-0.3, -0.25) is 24.0 Å². The molecule has 1 saturated heterocycles. The number of aromatic nitrogens is 2. The molecule has 0 spiro atoms. The van der Waals surface area contributed by atoms with Crippen molar-refractivity contribution in [2.24, 2.45) is 11.8 Å². The van der Waals surface area contributed by atoms with Crippen LogP contribution in [0.15, 0.2) is 30.3 Å². The molecule has 2 aromatic rings. The lowest BCUT2D eigenvalue weighted by atomic mass is 9.81. The number of nitrogens with zero attached hydrogens (tertiary/aromatic N) is 3. The molecule has 1 aliphatic carbocycles. The summed E-state index contributed by atoms with van der Waals surface area (Å²) in [6.07, 6.45) is 3.73. The molecule has 1 aromatic heterocycles. The number of hydrogen-bond acceptors (Lipinski definition) is 4. The van der Waals surface area contributed by atoms with Crippen LogP contribution in [-0.2, 0) is 27.5 Å². The van der Waals surface area contributed by atoms with Crippen molar-refractivity contribution >= 4 is 17.7 Å². The fourth-order valence-electron chi connectivity index (χ4n) is 4.84. The minimum atomic E-state index is -0.162. The van der Waals surface area contributed by atoms with E-state index in [1.165, 1.54) is 10.5 Å². The van der Waals surface area contributed by atoms with Gasteiger partial charge in [-0.1, -0.05) is 43.2 Å². The highest BCUT2D eigenvalue weighted by Gasteiger charge is 2.47. The van der Waals surface area contributed by atoms with E-state index in [1.54, 1.807) is 0 Å². The molecule has 1 aliphatic heterocycles. The third-order valence-corrected chi connectivity index (χ3v) is 6.66. The van der Waals surface area contributed by atoms with Crippen LogP contribution in [0.3, 0.4) is 0 Å². The highest BCUT2D eigenvalue weighted by Crippen LogP contribution is 2.37. The molecule has 1 saturated carbocycles. The van der Waals surface area contributed by atoms with Crippen molar-refractivity contribution in [1.82, 2.24) is 20.0 Å². The number of benzene rings is 1. The van der Waals surface area contributed by atoms with Gasteiger partial charge in [-0.05, 0) is 32.3 Å². The SMILES string of the molecule is Cc1nn(Cc2ccccc2)c(C)c1CNC(=O)CCN1C(=O)[C@@H]2CCCC[C@H]2C1=O. The number of aryl methyl sites for hydroxylation is 1. The Morgan fingerprint density at radius 3 is 2.35 bits per heavy atom. The van der Waals surface area contributed by atoms with Crippen LogP contribution < -0.4 is 5.32 Å². The predicted molar refractivity (Wildman–Crippen MR) is 116 cm³/mol. The number of rotatable bonds is 7. The van der Waals surface area contributed by atoms with Crippen LogP contribution in [-0.4, -0.2) is 38.9 Å². The van der Waals surface area contributed by atoms with E-state index in [2.05, 4.69) is 22.5 Å². The summed E-state index contributed by atoms with van der Waals surface area (Å²) < 4.78 is 1.95. The van der Waals surface area contributed by atoms with Crippen molar-refractivity contribution in [2.75, 3.05) is 6.54 Å². The zero-order chi connectivity index (χ0) is 22.0. The molecule has 1 aromatic carbocycles. The van der Waals surface area contributed by atoms with E-state index in [0.29, 0.717) is 13.1 Å². The fourth-order valence-corrected chi connectivity index (χ4v) is 4.84. The maximum absolute atomic E-state index is 12.5. The van der Waals surface area contributed by atoms with Crippen LogP contribution in [0, 0.1) is 25.7 Å². The molecule has 4 rings (SSSR count). The van der Waals surface area contributed by atoms with Gasteiger partial charge >= 0.3 is 0 Å². The van der Waals surface area contributed by atoms with Crippen LogP contribution >= 0.6 is 0 Å². The fraction of sp³-hybridized carbons (Fsp3) is 0.500. The Kier molecular flexibility index (Phi) is 6.20. The molecule has 0 radical (unpaired) electrons. The molecule has 2 atom stereocenters. The summed E-state index contributed by atoms with van der Waals surface area (Å²) in [6, 6.07) is 10.1. The lowest BCUT2D eigenvalue weighted by molar-refractivity contribution is -0.140. The van der Waals surface area contributed by atoms with Crippen LogP contribution in [0.2, 0.25) is 0 Å². The molecule has 1 N–H and O–H groups in total. The van der Waals surface area contributed by atoms with Gasteiger partial charge in [0, 0.05) is 30.8 Å². The van der Waals surface area contributed by atoms with Gasteiger partial charge in [-0.2, -0.15) is 5.10 Å². The van der Waals surface area contributed by atoms with Gasteiger partial charge in [-0.25, -0.2) is 0 Å². The minimum absolute atomic E-state index is 0.0867. The average molecular weight is 423 g/mol. The van der Waals surface area contributed by atoms with Crippen LogP contribution in [0.5, 0.6) is 0 Å². The highest BCUT2D eigenvalue weighted by atomic mass is 16.2. The normalized spacial score (nSPS) is 20.8. The molecule has 7 nitrogen and oxygen atoms in total. The van der Waals surface area contributed by atoms with Gasteiger partial charge in [0.15, 0.2) is 0 Å². The van der Waals surface area contributed by atoms with Crippen LogP contribution in [0.25, 0.3) is 0 Å². The number of amides is 3. The quantitative estimate of drug-likeness (QED) is 0.696. The second-order valence-corrected chi connectivity index (χ2v) is 8.64. The Morgan fingerprint density at radius 1 is 1.06 bits per heavy atom. The first-order valence-corrected chi connectivity index (χ1v) is 11.1. The number of likely N-dealkylation sites (tertiary alicyclic amines) is 1. The molecular formula is C24H30N4O3. The molecule has 31 heavy (non-hydrogen) atoms. The molecule has 2 fully saturated rings. The molecule has 7 heteroatoms. The lowest BCUT2D eigenvalue weighted by Crippen LogP contribution is -2.35. The maximum atomic E-state index is 12.5. The second-order valence-electron chi connectivity index (χ2n) is 8.64. The monoisotopic (exact) mass is 422 g/mol. The summed E-state index contributed by atoms with van der Waals surface area (Å²) in [5.41, 5.74) is 4.09. The highest BCUT2D eigenvalue weighted by molar-refractivity contribution is 6.05. The third kappa shape index (κ3) is 4.40. The molecule has 0 unspecified atom stereocenters. The number of carbonyl (C=O) groups is 3. The van der Waals surface area contributed by atoms with Crippen molar-refractivity contribution in [3.05, 3.63) is 52.8 Å². The van der Waals surface area contributed by atoms with Gasteiger partial charge in [0.05, 0.1) is 24.1 Å². The number of imide groups is 1. The Hall–Kier alpha value is -2.96. The first-order chi connectivity index (χ1) is 15.0. The van der Waals surface area contributed by atoms with Gasteiger partial charge in [-0.15, -0.1) is 0 Å². The Balaban J connectivity index is 1.31. The zero-order valence-corrected chi connectivity index (χ0v) is 18.3. The summed E-state index contributed by atoms with van der Waals surface area (Å²) in [5.74, 6) is -0.659. The van der Waals surface area contributed by atoms with Crippen LogP contribution in [0.1, 0.15) is 54.6 Å². The average Bonchev–Trinajstić information content (AvgIpc) is 3.18. The van der Waals surface area contributed by atoms with E-state index >= 15 is 0 Å². The molecule has 0 bridgehead atoms. The molecule has 3 amide bonds. The molecule has 2 aliphatic rings. The van der Waals surface area contributed by atoms with E-state index < -0.39 is 0 Å². The van der Waals surface area contributed by atoms with Crippen LogP contribution in [0.4, 0.5) is 0 Å². The number of nitrogens with one attached hydrogen (secondary N) is 1. The minimum Gasteiger partial charge on any atom is -0.352 e. The van der Waals surface area contributed by atoms with Crippen molar-refractivity contribution in [3.8, 4) is 0 Å². The zero-order valence-electron chi connectivity index (χ0n) is 18.3. The number of carbonyl (C=O) groups excluding carboxylic acids is 3. The van der Waals surface area contributed by atoms with E-state index in [1.807, 2.05) is 36.7 Å². The molecule has 2 heterocycles. The molecular weight excluding hydrogens is 392 g/mol. The van der Waals surface area contributed by atoms with Crippen molar-refractivity contribution in [2.45, 2.75) is 59.0 Å². The van der Waals surface area contributed by atoms with Gasteiger partial charge in [0.25, 0.3) is 0 Å². The number of hydrogen-bond donors (Lipinski definition) is 1. The lowest BCUT2D eigenvalue weighted by Gasteiger charge is -2.19. The second kappa shape index (κ2) is 9.04. The summed E-state index contributed by atoms with van der Waals surface area (Å²) in [5, 5.41) is 7.55. The van der Waals surface area contributed by atoms with Gasteiger partial charge < -0.3 is 5.32 Å². The van der Waals surface area contributed by atoms with Gasteiger partial charge in [0.1, 0.15) is 0 Å². The van der Waals surface area contributed by atoms with Crippen molar-refractivity contribution in [3.63, 3.8) is 0 Å². The summed E-state index contributed by atoms with van der Waals surface area (Å²) in [7, 11) is 0. The van der Waals surface area contributed by atoms with E-state index in [-0.39, 0.29) is 42.5 Å². The van der Waals surface area contributed by atoms with Gasteiger partial charge in [0.2, 0.25) is 17.7 Å². The van der Waals surface area contributed by atoms with E-state index in [9.17, 15) is 14.4 Å². The standard InChI is InChI=1S/C24H30N4O3/c1-16-21(17(2)28(26-16)15-18-8-4-3-5-9-18)14-25-22(29)12-13-27-23(30)19-10-6-7-11-20(19)24(27)31/h3-5,8-9,19-20H,6-7,10-15H2,1-2H3,(H,25,29)/t19-,20-/m1/s1. The third-order valence-electron chi connectivity index (χ3n) is 6.66. The summed E-state index contributed by atoms with van der Waals surface area (Å²) in [6.45, 7) is 5.19. The molecule has 164 valence electrons. The number of fused-ring (bicyclic) bond motifs is 1. The Labute approximate surface area is 182 Å². The van der Waals surface area contributed by atoms with Crippen molar-refractivity contribution < 1.29 is 14.4 Å². The summed E-state index contributed by atoms with van der Waals surface area (Å²) in [4.78, 5) is 38.8. The first-order valence-electron chi connectivity index (χ1n) is 11.1. The topological polar surface area (TPSA) is 84.3 Å². The Bertz CT molecular complexity index is 958. The van der Waals surface area contributed by atoms with E-state index in [0.717, 1.165) is 42.6 Å². The summed E-state index contributed by atoms with van der Waals surface area (Å²) >= 11 is 0. The maximum Gasteiger partial charge on any atom is 0.233 e. The smallest absolute Gasteiger partial charge is 0.233 e. The van der Waals surface area contributed by atoms with E-state index in [4.69, 9.17) is 0 Å².